The van der Waals surface area contributed by atoms with Crippen molar-refractivity contribution in [2.24, 2.45) is 0 Å². The molecule has 108 valence electrons. The van der Waals surface area contributed by atoms with Crippen molar-refractivity contribution in [3.63, 3.8) is 0 Å². The monoisotopic (exact) mass is 323 g/mol. The summed E-state index contributed by atoms with van der Waals surface area (Å²) in [7, 11) is 5.54. The van der Waals surface area contributed by atoms with E-state index >= 15 is 0 Å². The molecule has 0 aliphatic heterocycles. The first-order chi connectivity index (χ1) is 8.00. The Morgan fingerprint density at radius 2 is 2.06 bits per heavy atom. The second-order valence-electron chi connectivity index (χ2n) is 4.23. The average molecular weight is 324 g/mol. The van der Waals surface area contributed by atoms with Crippen molar-refractivity contribution in [3.8, 4) is 0 Å². The van der Waals surface area contributed by atoms with Gasteiger partial charge in [-0.1, -0.05) is 26.3 Å². The van der Waals surface area contributed by atoms with Gasteiger partial charge in [0, 0.05) is 24.7 Å². The van der Waals surface area contributed by atoms with Crippen molar-refractivity contribution in [2.45, 2.75) is 32.6 Å². The molecule has 18 heavy (non-hydrogen) atoms. The van der Waals surface area contributed by atoms with Crippen LogP contribution in [0.3, 0.4) is 0 Å². The van der Waals surface area contributed by atoms with Crippen LogP contribution in [0.15, 0.2) is 12.7 Å². The van der Waals surface area contributed by atoms with Gasteiger partial charge >= 0.3 is 5.97 Å². The van der Waals surface area contributed by atoms with Crippen LogP contribution in [0.1, 0.15) is 32.6 Å². The third-order valence-electron chi connectivity index (χ3n) is 2.94. The summed E-state index contributed by atoms with van der Waals surface area (Å²) in [5, 5.41) is 1.51. The van der Waals surface area contributed by atoms with Crippen molar-refractivity contribution in [3.05, 3.63) is 12.7 Å². The highest BCUT2D eigenvalue weighted by molar-refractivity contribution is 5.80. The summed E-state index contributed by atoms with van der Waals surface area (Å²) in [4.78, 5) is 16.2. The van der Waals surface area contributed by atoms with Gasteiger partial charge in [0.15, 0.2) is 0 Å². The highest BCUT2D eigenvalue weighted by Crippen LogP contribution is 2.08. The van der Waals surface area contributed by atoms with Crippen LogP contribution in [0.4, 0.5) is 0 Å². The molecular weight excluding hydrogens is 298 g/mol. The standard InChI is InChI=1S/C12H26N3O2.BrH/c1-6-8-9-10-11-15(5,13-3)14(4)17-12(16)7-2;/h7,13H,2,6,8-11H2,1,3-5H3;1H/q+1;/p-1. The van der Waals surface area contributed by atoms with E-state index in [1.54, 1.807) is 7.05 Å². The van der Waals surface area contributed by atoms with Gasteiger partial charge in [-0.15, -0.1) is 10.1 Å². The van der Waals surface area contributed by atoms with E-state index in [9.17, 15) is 4.79 Å². The van der Waals surface area contributed by atoms with E-state index in [4.69, 9.17) is 4.84 Å². The third-order valence-corrected chi connectivity index (χ3v) is 2.94. The summed E-state index contributed by atoms with van der Waals surface area (Å²) < 4.78 is 0.364. The Labute approximate surface area is 121 Å². The molecule has 5 nitrogen and oxygen atoms in total. The lowest BCUT2D eigenvalue weighted by atomic mass is 10.2. The molecule has 0 bridgehead atoms. The average Bonchev–Trinajstić information content (AvgIpc) is 2.34. The van der Waals surface area contributed by atoms with Crippen LogP contribution < -0.4 is 22.4 Å². The molecule has 0 fully saturated rings. The summed E-state index contributed by atoms with van der Waals surface area (Å²) in [6, 6.07) is 0. The molecule has 1 unspecified atom stereocenters. The van der Waals surface area contributed by atoms with Crippen LogP contribution >= 0.6 is 0 Å². The number of unbranched alkanes of at least 4 members (excludes halogenated alkanes) is 3. The van der Waals surface area contributed by atoms with Crippen LogP contribution in [0.5, 0.6) is 0 Å². The number of hydroxylamine groups is 1. The molecule has 0 spiro atoms. The van der Waals surface area contributed by atoms with E-state index in [0.717, 1.165) is 19.0 Å². The number of nitrogens with zero attached hydrogens (tertiary/aromatic N) is 2. The maximum Gasteiger partial charge on any atom is 0.354 e. The molecule has 0 heterocycles. The van der Waals surface area contributed by atoms with Gasteiger partial charge < -0.3 is 21.8 Å². The highest BCUT2D eigenvalue weighted by Gasteiger charge is 2.29. The van der Waals surface area contributed by atoms with Crippen molar-refractivity contribution in [2.75, 3.05) is 27.7 Å². The third kappa shape index (κ3) is 7.10. The topological polar surface area (TPSA) is 41.6 Å². The predicted octanol–water partition coefficient (Wildman–Crippen LogP) is -1.36. The van der Waals surface area contributed by atoms with Gasteiger partial charge in [0.1, 0.15) is 13.6 Å². The van der Waals surface area contributed by atoms with Gasteiger partial charge in [-0.3, -0.25) is 0 Å². The molecule has 0 aliphatic rings. The quantitative estimate of drug-likeness (QED) is 0.246. The molecule has 0 aromatic heterocycles. The van der Waals surface area contributed by atoms with Crippen molar-refractivity contribution < 1.29 is 31.3 Å². The summed E-state index contributed by atoms with van der Waals surface area (Å²) in [6.45, 7) is 6.44. The minimum atomic E-state index is -0.444. The van der Waals surface area contributed by atoms with Crippen LogP contribution in [0, 0.1) is 0 Å². The fourth-order valence-corrected chi connectivity index (χ4v) is 1.50. The lowest BCUT2D eigenvalue weighted by molar-refractivity contribution is -1.08. The van der Waals surface area contributed by atoms with Crippen molar-refractivity contribution >= 4 is 5.97 Å². The Kier molecular flexibility index (Phi) is 11.6. The number of carbonyl (C=O) groups excluding carboxylic acids is 1. The SMILES string of the molecule is C=CC(=O)ON(C)[N+](C)(CCCCCC)NC.[Br-]. The fraction of sp³-hybridized carbons (Fsp3) is 0.750. The molecule has 1 atom stereocenters. The van der Waals surface area contributed by atoms with Gasteiger partial charge in [0.25, 0.3) is 0 Å². The van der Waals surface area contributed by atoms with Crippen LogP contribution in [-0.2, 0) is 9.63 Å². The first-order valence-electron chi connectivity index (χ1n) is 6.13. The highest BCUT2D eigenvalue weighted by atomic mass is 79.9. The molecule has 0 aromatic rings. The van der Waals surface area contributed by atoms with Gasteiger partial charge in [-0.05, 0) is 6.42 Å². The first kappa shape index (κ1) is 19.9. The van der Waals surface area contributed by atoms with E-state index in [1.165, 1.54) is 24.4 Å². The van der Waals surface area contributed by atoms with Gasteiger partial charge in [0.05, 0.1) is 7.05 Å². The van der Waals surface area contributed by atoms with Gasteiger partial charge in [-0.25, -0.2) is 4.79 Å². The van der Waals surface area contributed by atoms with E-state index < -0.39 is 5.97 Å². The minimum Gasteiger partial charge on any atom is -1.00 e. The maximum absolute atomic E-state index is 11.1. The van der Waals surface area contributed by atoms with Crippen LogP contribution in [-0.4, -0.2) is 43.5 Å². The van der Waals surface area contributed by atoms with E-state index in [1.807, 2.05) is 14.1 Å². The molecule has 1 N–H and O–H groups in total. The summed E-state index contributed by atoms with van der Waals surface area (Å²) in [5.74, 6) is -0.444. The predicted molar refractivity (Wildman–Crippen MR) is 68.3 cm³/mol. The lowest BCUT2D eigenvalue weighted by Crippen LogP contribution is -3.00. The van der Waals surface area contributed by atoms with Gasteiger partial charge in [-0.2, -0.15) is 0 Å². The minimum absolute atomic E-state index is 0. The normalized spacial score (nSPS) is 13.6. The molecule has 0 radical (unpaired) electrons. The Hall–Kier alpha value is -0.430. The molecule has 0 rings (SSSR count). The molecule has 0 aromatic carbocycles. The number of carbonyl (C=O) groups is 1. The number of halogens is 1. The van der Waals surface area contributed by atoms with Crippen molar-refractivity contribution in [1.82, 2.24) is 10.6 Å². The van der Waals surface area contributed by atoms with E-state index in [0.29, 0.717) is 4.70 Å². The first-order valence-corrected chi connectivity index (χ1v) is 6.13. The molecule has 0 aliphatic carbocycles. The maximum atomic E-state index is 11.1. The molecule has 0 saturated heterocycles. The largest absolute Gasteiger partial charge is 1.00 e. The molecular formula is C12H26BrN3O2. The fourth-order valence-electron chi connectivity index (χ4n) is 1.50. The van der Waals surface area contributed by atoms with Crippen molar-refractivity contribution in [1.29, 1.82) is 0 Å². The lowest BCUT2D eigenvalue weighted by Gasteiger charge is -2.36. The summed E-state index contributed by atoms with van der Waals surface area (Å²) in [5.41, 5.74) is 3.14. The number of nitrogens with one attached hydrogen (secondary N) is 1. The summed E-state index contributed by atoms with van der Waals surface area (Å²) in [6.07, 6.45) is 5.88. The zero-order chi connectivity index (χ0) is 13.3. The Bertz CT molecular complexity index is 251. The Morgan fingerprint density at radius 3 is 2.50 bits per heavy atom. The Morgan fingerprint density at radius 1 is 1.44 bits per heavy atom. The zero-order valence-electron chi connectivity index (χ0n) is 11.9. The van der Waals surface area contributed by atoms with Gasteiger partial charge in [0.2, 0.25) is 0 Å². The smallest absolute Gasteiger partial charge is 0.354 e. The summed E-state index contributed by atoms with van der Waals surface area (Å²) >= 11 is 0. The van der Waals surface area contributed by atoms with Crippen LogP contribution in [0.2, 0.25) is 0 Å². The molecule has 0 amide bonds. The molecule has 6 heteroatoms. The number of rotatable bonds is 9. The molecule has 0 saturated carbocycles. The second-order valence-corrected chi connectivity index (χ2v) is 4.23. The number of quaternary nitrogens is 1. The van der Waals surface area contributed by atoms with E-state index in [-0.39, 0.29) is 17.0 Å². The van der Waals surface area contributed by atoms with Crippen LogP contribution in [0.25, 0.3) is 0 Å². The Balaban J connectivity index is 0. The number of hydrogen-bond donors (Lipinski definition) is 1. The zero-order valence-corrected chi connectivity index (χ0v) is 13.5. The number of hydrogen-bond acceptors (Lipinski definition) is 4. The van der Waals surface area contributed by atoms with E-state index in [2.05, 4.69) is 18.9 Å². The second kappa shape index (κ2) is 10.5.